The zero-order chi connectivity index (χ0) is 17.2. The van der Waals surface area contributed by atoms with Crippen LogP contribution in [-0.2, 0) is 10.2 Å². The van der Waals surface area contributed by atoms with E-state index in [4.69, 9.17) is 4.74 Å². The molecule has 0 aliphatic carbocycles. The Morgan fingerprint density at radius 2 is 2.04 bits per heavy atom. The van der Waals surface area contributed by atoms with Crippen LogP contribution in [0.25, 0.3) is 5.65 Å². The van der Waals surface area contributed by atoms with Gasteiger partial charge in [-0.2, -0.15) is 0 Å². The highest BCUT2D eigenvalue weighted by atomic mass is 16.5. The van der Waals surface area contributed by atoms with E-state index < -0.39 is 0 Å². The van der Waals surface area contributed by atoms with Crippen LogP contribution in [-0.4, -0.2) is 59.6 Å². The Balaban J connectivity index is 1.67. The number of aromatic nitrogens is 2. The number of rotatable bonds is 4. The normalized spacial score (nSPS) is 16.5. The Labute approximate surface area is 142 Å². The summed E-state index contributed by atoms with van der Waals surface area (Å²) in [5, 5.41) is 3.00. The summed E-state index contributed by atoms with van der Waals surface area (Å²) < 4.78 is 7.21. The fourth-order valence-electron chi connectivity index (χ4n) is 2.84. The van der Waals surface area contributed by atoms with Crippen molar-refractivity contribution in [1.82, 2.24) is 19.6 Å². The minimum Gasteiger partial charge on any atom is -0.379 e. The Morgan fingerprint density at radius 3 is 2.75 bits per heavy atom. The molecule has 1 fully saturated rings. The maximum absolute atomic E-state index is 12.5. The van der Waals surface area contributed by atoms with E-state index in [0.29, 0.717) is 12.2 Å². The summed E-state index contributed by atoms with van der Waals surface area (Å²) in [6.45, 7) is 11.4. The smallest absolute Gasteiger partial charge is 0.269 e. The molecule has 1 N–H and O–H groups in total. The molecule has 6 heteroatoms. The number of hydrogen-bond acceptors (Lipinski definition) is 4. The van der Waals surface area contributed by atoms with Gasteiger partial charge in [0.05, 0.1) is 19.4 Å². The number of nitrogens with zero attached hydrogens (tertiary/aromatic N) is 3. The largest absolute Gasteiger partial charge is 0.379 e. The average molecular weight is 330 g/mol. The number of hydrogen-bond donors (Lipinski definition) is 1. The second-order valence-electron chi connectivity index (χ2n) is 7.25. The van der Waals surface area contributed by atoms with E-state index in [2.05, 4.69) is 42.0 Å². The highest BCUT2D eigenvalue weighted by molar-refractivity contribution is 5.93. The van der Waals surface area contributed by atoms with Crippen LogP contribution in [0.5, 0.6) is 0 Å². The third-order valence-electron chi connectivity index (χ3n) is 4.42. The van der Waals surface area contributed by atoms with Gasteiger partial charge in [0.25, 0.3) is 5.91 Å². The van der Waals surface area contributed by atoms with Gasteiger partial charge in [-0.1, -0.05) is 26.8 Å². The fourth-order valence-corrected chi connectivity index (χ4v) is 2.84. The van der Waals surface area contributed by atoms with Gasteiger partial charge in [0.1, 0.15) is 11.3 Å². The molecule has 0 unspecified atom stereocenters. The number of imidazole rings is 1. The molecule has 24 heavy (non-hydrogen) atoms. The van der Waals surface area contributed by atoms with Gasteiger partial charge in [-0.3, -0.25) is 14.1 Å². The van der Waals surface area contributed by atoms with Crippen LogP contribution < -0.4 is 5.32 Å². The number of morpholine rings is 1. The summed E-state index contributed by atoms with van der Waals surface area (Å²) in [6, 6.07) is 4.04. The number of amides is 1. The van der Waals surface area contributed by atoms with Crippen LogP contribution in [0.3, 0.4) is 0 Å². The van der Waals surface area contributed by atoms with Crippen LogP contribution in [0.1, 0.15) is 36.8 Å². The molecule has 0 aromatic carbocycles. The number of carbonyl (C=O) groups excluding carboxylic acids is 1. The molecule has 3 rings (SSSR count). The van der Waals surface area contributed by atoms with Crippen molar-refractivity contribution in [2.45, 2.75) is 26.2 Å². The van der Waals surface area contributed by atoms with Gasteiger partial charge in [-0.05, 0) is 17.0 Å². The molecule has 0 radical (unpaired) electrons. The molecular weight excluding hydrogens is 304 g/mol. The number of nitrogens with one attached hydrogen (secondary N) is 1. The van der Waals surface area contributed by atoms with Gasteiger partial charge in [0, 0.05) is 32.4 Å². The third-order valence-corrected chi connectivity index (χ3v) is 4.42. The van der Waals surface area contributed by atoms with Crippen molar-refractivity contribution >= 4 is 11.6 Å². The van der Waals surface area contributed by atoms with Crippen LogP contribution >= 0.6 is 0 Å². The van der Waals surface area contributed by atoms with E-state index in [1.54, 1.807) is 6.20 Å². The third kappa shape index (κ3) is 3.76. The molecule has 1 saturated heterocycles. The first kappa shape index (κ1) is 16.9. The summed E-state index contributed by atoms with van der Waals surface area (Å²) in [6.07, 6.45) is 3.66. The van der Waals surface area contributed by atoms with Gasteiger partial charge in [-0.15, -0.1) is 0 Å². The second-order valence-corrected chi connectivity index (χ2v) is 7.25. The topological polar surface area (TPSA) is 58.9 Å². The highest BCUT2D eigenvalue weighted by Crippen LogP contribution is 2.22. The van der Waals surface area contributed by atoms with E-state index in [-0.39, 0.29) is 11.3 Å². The average Bonchev–Trinajstić information content (AvgIpc) is 2.98. The molecule has 0 spiro atoms. The van der Waals surface area contributed by atoms with Crippen LogP contribution in [0.4, 0.5) is 0 Å². The molecule has 130 valence electrons. The van der Waals surface area contributed by atoms with Crippen LogP contribution in [0, 0.1) is 0 Å². The summed E-state index contributed by atoms with van der Waals surface area (Å²) in [5.74, 6) is -0.0816. The number of carbonyl (C=O) groups is 1. The Kier molecular flexibility index (Phi) is 4.87. The van der Waals surface area contributed by atoms with Crippen molar-refractivity contribution in [3.8, 4) is 0 Å². The second kappa shape index (κ2) is 6.91. The van der Waals surface area contributed by atoms with Gasteiger partial charge >= 0.3 is 0 Å². The van der Waals surface area contributed by atoms with Crippen molar-refractivity contribution in [2.24, 2.45) is 0 Å². The quantitative estimate of drug-likeness (QED) is 0.927. The van der Waals surface area contributed by atoms with Crippen molar-refractivity contribution < 1.29 is 9.53 Å². The number of ether oxygens (including phenoxy) is 1. The Hall–Kier alpha value is -1.92. The number of fused-ring (bicyclic) bond motifs is 1. The SMILES string of the molecule is CC(C)(C)c1ccc2ncc(C(=O)NCCN3CCOCC3)n2c1. The predicted molar refractivity (Wildman–Crippen MR) is 93.5 cm³/mol. The van der Waals surface area contributed by atoms with E-state index in [1.807, 2.05) is 16.7 Å². The molecule has 2 aromatic rings. The lowest BCUT2D eigenvalue weighted by Crippen LogP contribution is -2.41. The van der Waals surface area contributed by atoms with Crippen LogP contribution in [0.2, 0.25) is 0 Å². The van der Waals surface area contributed by atoms with Crippen LogP contribution in [0.15, 0.2) is 24.5 Å². The van der Waals surface area contributed by atoms with E-state index in [1.165, 1.54) is 5.56 Å². The van der Waals surface area contributed by atoms with Crippen molar-refractivity contribution in [3.63, 3.8) is 0 Å². The van der Waals surface area contributed by atoms with Crippen molar-refractivity contribution in [2.75, 3.05) is 39.4 Å². The standard InChI is InChI=1S/C18H26N4O2/c1-18(2,3)14-4-5-16-20-12-15(22(16)13-14)17(23)19-6-7-21-8-10-24-11-9-21/h4-5,12-13H,6-11H2,1-3H3,(H,19,23). The molecule has 6 nitrogen and oxygen atoms in total. The van der Waals surface area contributed by atoms with Gasteiger partial charge in [-0.25, -0.2) is 4.98 Å². The molecule has 1 aliphatic rings. The number of pyridine rings is 1. The first-order chi connectivity index (χ1) is 11.4. The predicted octanol–water partition coefficient (Wildman–Crippen LogP) is 1.69. The highest BCUT2D eigenvalue weighted by Gasteiger charge is 2.17. The molecule has 2 aromatic heterocycles. The maximum atomic E-state index is 12.5. The van der Waals surface area contributed by atoms with Crippen molar-refractivity contribution in [1.29, 1.82) is 0 Å². The fraction of sp³-hybridized carbons (Fsp3) is 0.556. The van der Waals surface area contributed by atoms with Crippen molar-refractivity contribution in [3.05, 3.63) is 35.8 Å². The molecule has 3 heterocycles. The first-order valence-corrected chi connectivity index (χ1v) is 8.51. The summed E-state index contributed by atoms with van der Waals surface area (Å²) >= 11 is 0. The van der Waals surface area contributed by atoms with E-state index in [0.717, 1.165) is 38.5 Å². The summed E-state index contributed by atoms with van der Waals surface area (Å²) in [4.78, 5) is 19.1. The summed E-state index contributed by atoms with van der Waals surface area (Å²) in [5.41, 5.74) is 2.58. The molecular formula is C18H26N4O2. The Morgan fingerprint density at radius 1 is 1.29 bits per heavy atom. The molecule has 1 aliphatic heterocycles. The van der Waals surface area contributed by atoms with Gasteiger partial charge in [0.2, 0.25) is 0 Å². The Bertz CT molecular complexity index is 711. The minimum absolute atomic E-state index is 0.0303. The molecule has 0 bridgehead atoms. The molecule has 1 amide bonds. The molecule has 0 saturated carbocycles. The lowest BCUT2D eigenvalue weighted by atomic mass is 9.88. The molecule has 0 atom stereocenters. The van der Waals surface area contributed by atoms with Gasteiger partial charge in [0.15, 0.2) is 0 Å². The van der Waals surface area contributed by atoms with E-state index in [9.17, 15) is 4.79 Å². The maximum Gasteiger partial charge on any atom is 0.269 e. The first-order valence-electron chi connectivity index (χ1n) is 8.51. The zero-order valence-electron chi connectivity index (χ0n) is 14.7. The lowest BCUT2D eigenvalue weighted by molar-refractivity contribution is 0.0383. The zero-order valence-corrected chi connectivity index (χ0v) is 14.7. The minimum atomic E-state index is -0.0816. The monoisotopic (exact) mass is 330 g/mol. The van der Waals surface area contributed by atoms with E-state index >= 15 is 0 Å². The van der Waals surface area contributed by atoms with Gasteiger partial charge < -0.3 is 10.1 Å². The summed E-state index contributed by atoms with van der Waals surface area (Å²) in [7, 11) is 0. The lowest BCUT2D eigenvalue weighted by Gasteiger charge is -2.26.